The largest absolute Gasteiger partial charge is 0.495 e. The van der Waals surface area contributed by atoms with Crippen molar-refractivity contribution < 1.29 is 17.9 Å². The number of nitrogens with zero attached hydrogens (tertiary/aromatic N) is 1. The second kappa shape index (κ2) is 6.41. The molecular formula is C12H9BrClF3N2OS. The maximum Gasteiger partial charge on any atom is 0.420 e. The van der Waals surface area contributed by atoms with E-state index in [0.717, 1.165) is 10.9 Å². The highest BCUT2D eigenvalue weighted by Gasteiger charge is 2.35. The summed E-state index contributed by atoms with van der Waals surface area (Å²) >= 11 is 10.0. The van der Waals surface area contributed by atoms with Gasteiger partial charge in [-0.15, -0.1) is 11.3 Å². The monoisotopic (exact) mass is 400 g/mol. The summed E-state index contributed by atoms with van der Waals surface area (Å²) in [6.07, 6.45) is -2.93. The highest BCUT2D eigenvalue weighted by Crippen LogP contribution is 2.42. The normalized spacial score (nSPS) is 11.5. The van der Waals surface area contributed by atoms with E-state index in [-0.39, 0.29) is 10.2 Å². The molecule has 0 radical (unpaired) electrons. The molecule has 0 atom stereocenters. The topological polar surface area (TPSA) is 34.1 Å². The van der Waals surface area contributed by atoms with E-state index < -0.39 is 11.7 Å². The molecule has 1 aromatic carbocycles. The first-order valence-electron chi connectivity index (χ1n) is 5.60. The van der Waals surface area contributed by atoms with Gasteiger partial charge in [-0.1, -0.05) is 11.6 Å². The fourth-order valence-corrected chi connectivity index (χ4v) is 3.21. The van der Waals surface area contributed by atoms with E-state index in [0.29, 0.717) is 16.7 Å². The van der Waals surface area contributed by atoms with Crippen molar-refractivity contribution >= 4 is 44.6 Å². The Labute approximate surface area is 136 Å². The number of rotatable bonds is 4. The van der Waals surface area contributed by atoms with E-state index in [1.165, 1.54) is 24.5 Å². The summed E-state index contributed by atoms with van der Waals surface area (Å²) in [6.45, 7) is 0.334. The molecule has 21 heavy (non-hydrogen) atoms. The van der Waals surface area contributed by atoms with Crippen molar-refractivity contribution in [1.82, 2.24) is 4.98 Å². The average molecular weight is 402 g/mol. The Morgan fingerprint density at radius 3 is 2.67 bits per heavy atom. The number of thiazole rings is 1. The van der Waals surface area contributed by atoms with Gasteiger partial charge < -0.3 is 10.1 Å². The molecule has 0 unspecified atom stereocenters. The molecule has 0 aliphatic heterocycles. The van der Waals surface area contributed by atoms with Gasteiger partial charge in [0.25, 0.3) is 0 Å². The van der Waals surface area contributed by atoms with Crippen LogP contribution in [0.5, 0.6) is 5.75 Å². The van der Waals surface area contributed by atoms with Gasteiger partial charge in [-0.2, -0.15) is 13.2 Å². The summed E-state index contributed by atoms with van der Waals surface area (Å²) < 4.78 is 44.4. The summed E-state index contributed by atoms with van der Waals surface area (Å²) in [6, 6.07) is 2.53. The molecule has 0 saturated carbocycles. The Hall–Kier alpha value is -0.990. The molecule has 9 heteroatoms. The third-order valence-electron chi connectivity index (χ3n) is 2.55. The Morgan fingerprint density at radius 1 is 1.43 bits per heavy atom. The van der Waals surface area contributed by atoms with Crippen LogP contribution in [0.3, 0.4) is 0 Å². The number of nitrogens with one attached hydrogen (secondary N) is 1. The predicted octanol–water partition coefficient (Wildman–Crippen LogP) is 5.20. The lowest BCUT2D eigenvalue weighted by Gasteiger charge is -2.16. The van der Waals surface area contributed by atoms with Gasteiger partial charge in [-0.05, 0) is 28.1 Å². The van der Waals surface area contributed by atoms with E-state index in [1.807, 2.05) is 0 Å². The molecule has 0 spiro atoms. The zero-order valence-electron chi connectivity index (χ0n) is 10.6. The zero-order chi connectivity index (χ0) is 15.6. The molecular weight excluding hydrogens is 393 g/mol. The van der Waals surface area contributed by atoms with Gasteiger partial charge >= 0.3 is 6.18 Å². The molecule has 0 aliphatic carbocycles. The lowest BCUT2D eigenvalue weighted by molar-refractivity contribution is -0.138. The van der Waals surface area contributed by atoms with Gasteiger partial charge in [-0.25, -0.2) is 4.98 Å². The van der Waals surface area contributed by atoms with E-state index >= 15 is 0 Å². The second-order valence-electron chi connectivity index (χ2n) is 3.97. The van der Waals surface area contributed by atoms with E-state index in [2.05, 4.69) is 26.2 Å². The van der Waals surface area contributed by atoms with Gasteiger partial charge in [0.05, 0.1) is 18.1 Å². The first kappa shape index (κ1) is 16.4. The summed E-state index contributed by atoms with van der Waals surface area (Å²) in [5.41, 5.74) is -0.524. The highest BCUT2D eigenvalue weighted by atomic mass is 79.9. The molecule has 0 amide bonds. The lowest BCUT2D eigenvalue weighted by atomic mass is 10.1. The summed E-state index contributed by atoms with van der Waals surface area (Å²) in [5, 5.41) is 2.91. The Kier molecular flexibility index (Phi) is 5.00. The first-order chi connectivity index (χ1) is 9.81. The molecule has 1 heterocycles. The fourth-order valence-electron chi connectivity index (χ4n) is 1.67. The van der Waals surface area contributed by atoms with Crippen LogP contribution in [0.4, 0.5) is 18.9 Å². The molecule has 0 saturated heterocycles. The van der Waals surface area contributed by atoms with E-state index in [9.17, 15) is 13.2 Å². The summed E-state index contributed by atoms with van der Waals surface area (Å²) in [4.78, 5) is 4.69. The van der Waals surface area contributed by atoms with Crippen molar-refractivity contribution in [3.63, 3.8) is 0 Å². The number of anilines is 1. The Balaban J connectivity index is 2.26. The minimum atomic E-state index is -4.50. The minimum absolute atomic E-state index is 0.227. The van der Waals surface area contributed by atoms with Gasteiger partial charge in [0.1, 0.15) is 11.3 Å². The zero-order valence-corrected chi connectivity index (χ0v) is 13.8. The third kappa shape index (κ3) is 4.02. The molecule has 1 N–H and O–H groups in total. The average Bonchev–Trinajstić information content (AvgIpc) is 2.80. The van der Waals surface area contributed by atoms with Crippen LogP contribution in [0.2, 0.25) is 4.47 Å². The maximum atomic E-state index is 13.0. The van der Waals surface area contributed by atoms with Crippen molar-refractivity contribution in [1.29, 1.82) is 0 Å². The van der Waals surface area contributed by atoms with Crippen LogP contribution in [0.1, 0.15) is 10.4 Å². The Bertz CT molecular complexity index is 648. The van der Waals surface area contributed by atoms with Crippen molar-refractivity contribution in [2.24, 2.45) is 0 Å². The van der Waals surface area contributed by atoms with E-state index in [1.54, 1.807) is 6.20 Å². The number of aromatic nitrogens is 1. The summed E-state index contributed by atoms with van der Waals surface area (Å²) in [5.74, 6) is -0.242. The van der Waals surface area contributed by atoms with Crippen molar-refractivity contribution in [2.75, 3.05) is 12.4 Å². The van der Waals surface area contributed by atoms with Crippen LogP contribution in [-0.4, -0.2) is 12.1 Å². The van der Waals surface area contributed by atoms with Crippen LogP contribution in [0.15, 0.2) is 22.8 Å². The number of ether oxygens (including phenoxy) is 1. The minimum Gasteiger partial charge on any atom is -0.495 e. The Morgan fingerprint density at radius 2 is 2.14 bits per heavy atom. The van der Waals surface area contributed by atoms with Gasteiger partial charge in [-0.3, -0.25) is 0 Å². The maximum absolute atomic E-state index is 13.0. The number of alkyl halides is 3. The molecule has 2 rings (SSSR count). The molecule has 0 fully saturated rings. The van der Waals surface area contributed by atoms with Crippen LogP contribution in [-0.2, 0) is 12.7 Å². The van der Waals surface area contributed by atoms with Crippen molar-refractivity contribution in [3.8, 4) is 5.75 Å². The van der Waals surface area contributed by atoms with Gasteiger partial charge in [0, 0.05) is 16.8 Å². The highest BCUT2D eigenvalue weighted by molar-refractivity contribution is 9.10. The number of hydrogen-bond acceptors (Lipinski definition) is 4. The van der Waals surface area contributed by atoms with Crippen LogP contribution >= 0.6 is 38.9 Å². The number of hydrogen-bond donors (Lipinski definition) is 1. The first-order valence-corrected chi connectivity index (χ1v) is 7.59. The molecule has 0 bridgehead atoms. The number of methoxy groups -OCH3 is 1. The van der Waals surface area contributed by atoms with Gasteiger partial charge in [0.15, 0.2) is 4.47 Å². The number of halogens is 5. The molecule has 1 aromatic heterocycles. The molecule has 2 aromatic rings. The molecule has 114 valence electrons. The molecule has 3 nitrogen and oxygen atoms in total. The van der Waals surface area contributed by atoms with Crippen LogP contribution in [0, 0.1) is 0 Å². The summed E-state index contributed by atoms with van der Waals surface area (Å²) in [7, 11) is 1.20. The van der Waals surface area contributed by atoms with Crippen molar-refractivity contribution in [3.05, 3.63) is 37.7 Å². The van der Waals surface area contributed by atoms with Gasteiger partial charge in [0.2, 0.25) is 0 Å². The van der Waals surface area contributed by atoms with Crippen molar-refractivity contribution in [2.45, 2.75) is 12.7 Å². The standard InChI is InChI=1S/C12H9BrClF3N2OS/c1-20-10-8(12(15,16)17)2-6(3-9(10)13)18-4-7-5-19-11(14)21-7/h2-3,5,18H,4H2,1H3. The lowest BCUT2D eigenvalue weighted by Crippen LogP contribution is -2.09. The molecule has 0 aliphatic rings. The quantitative estimate of drug-likeness (QED) is 0.765. The van der Waals surface area contributed by atoms with Crippen LogP contribution < -0.4 is 10.1 Å². The fraction of sp³-hybridized carbons (Fsp3) is 0.250. The predicted molar refractivity (Wildman–Crippen MR) is 80.1 cm³/mol. The van der Waals surface area contributed by atoms with Crippen LogP contribution in [0.25, 0.3) is 0 Å². The van der Waals surface area contributed by atoms with E-state index in [4.69, 9.17) is 16.3 Å². The second-order valence-corrected chi connectivity index (χ2v) is 6.52. The smallest absolute Gasteiger partial charge is 0.420 e. The SMILES string of the molecule is COc1c(Br)cc(NCc2cnc(Cl)s2)cc1C(F)(F)F. The third-order valence-corrected chi connectivity index (χ3v) is 4.25. The number of benzene rings is 1.